The minimum absolute atomic E-state index is 0.955. The molecule has 1 N–H and O–H groups in total. The van der Waals surface area contributed by atoms with E-state index in [1.165, 1.54) is 11.9 Å². The largest absolute Gasteiger partial charge is 0.372 e. The first-order valence-electron chi connectivity index (χ1n) is 4.67. The van der Waals surface area contributed by atoms with E-state index in [1.807, 2.05) is 12.1 Å². The van der Waals surface area contributed by atoms with Crippen LogP contribution in [0.25, 0.3) is 0 Å². The molecule has 0 aliphatic carbocycles. The van der Waals surface area contributed by atoms with E-state index >= 15 is 0 Å². The summed E-state index contributed by atoms with van der Waals surface area (Å²) in [4.78, 5) is 2.29. The number of nitrogens with one attached hydrogen (secondary N) is 1. The molecule has 1 aromatic carbocycles. The van der Waals surface area contributed by atoms with Crippen molar-refractivity contribution in [2.75, 3.05) is 18.0 Å². The van der Waals surface area contributed by atoms with Gasteiger partial charge in [-0.25, -0.2) is 0 Å². The molecule has 0 atom stereocenters. The molecule has 0 saturated carbocycles. The second kappa shape index (κ2) is 4.65. The zero-order chi connectivity index (χ0) is 9.68. The first-order chi connectivity index (χ1) is 6.31. The highest BCUT2D eigenvalue weighted by molar-refractivity contribution is 5.77. The molecule has 0 aromatic heterocycles. The summed E-state index contributed by atoms with van der Waals surface area (Å²) in [6, 6.07) is 8.07. The lowest BCUT2D eigenvalue weighted by Gasteiger charge is -2.20. The van der Waals surface area contributed by atoms with Crippen molar-refractivity contribution in [2.24, 2.45) is 0 Å². The van der Waals surface area contributed by atoms with Gasteiger partial charge in [0, 0.05) is 25.0 Å². The first-order valence-corrected chi connectivity index (χ1v) is 4.67. The third-order valence-electron chi connectivity index (χ3n) is 2.19. The molecule has 0 spiro atoms. The summed E-state index contributed by atoms with van der Waals surface area (Å²) in [5.74, 6) is 0. The second-order valence-corrected chi connectivity index (χ2v) is 2.91. The quantitative estimate of drug-likeness (QED) is 0.701. The average Bonchev–Trinajstić information content (AvgIpc) is 2.21. The topological polar surface area (TPSA) is 27.1 Å². The fourth-order valence-electron chi connectivity index (χ4n) is 1.37. The molecule has 0 saturated heterocycles. The van der Waals surface area contributed by atoms with Gasteiger partial charge < -0.3 is 10.3 Å². The van der Waals surface area contributed by atoms with Crippen LogP contribution in [0, 0.1) is 5.41 Å². The van der Waals surface area contributed by atoms with Crippen molar-refractivity contribution < 1.29 is 0 Å². The molecule has 0 fully saturated rings. The first kappa shape index (κ1) is 9.78. The minimum atomic E-state index is 0.955. The third kappa shape index (κ3) is 2.31. The Labute approximate surface area is 79.7 Å². The van der Waals surface area contributed by atoms with Gasteiger partial charge >= 0.3 is 0 Å². The molecule has 0 aliphatic heterocycles. The predicted octanol–water partition coefficient (Wildman–Crippen LogP) is 2.53. The normalized spacial score (nSPS) is 9.69. The Balaban J connectivity index is 2.83. The Bertz CT molecular complexity index is 260. The van der Waals surface area contributed by atoms with Gasteiger partial charge in [0.15, 0.2) is 0 Å². The summed E-state index contributed by atoms with van der Waals surface area (Å²) >= 11 is 0. The maximum atomic E-state index is 7.07. The summed E-state index contributed by atoms with van der Waals surface area (Å²) in [6.07, 6.45) is 1.37. The number of anilines is 1. The number of hydrogen-bond donors (Lipinski definition) is 1. The van der Waals surface area contributed by atoms with Gasteiger partial charge in [0.25, 0.3) is 0 Å². The van der Waals surface area contributed by atoms with E-state index in [0.717, 1.165) is 18.7 Å². The summed E-state index contributed by atoms with van der Waals surface area (Å²) in [5.41, 5.74) is 2.19. The fraction of sp³-hybridized carbons (Fsp3) is 0.364. The van der Waals surface area contributed by atoms with Gasteiger partial charge in [-0.3, -0.25) is 0 Å². The van der Waals surface area contributed by atoms with Gasteiger partial charge in [-0.05, 0) is 31.5 Å². The molecular weight excluding hydrogens is 160 g/mol. The molecule has 13 heavy (non-hydrogen) atoms. The third-order valence-corrected chi connectivity index (χ3v) is 2.19. The molecule has 2 heteroatoms. The van der Waals surface area contributed by atoms with Gasteiger partial charge in [0.2, 0.25) is 0 Å². The van der Waals surface area contributed by atoms with Crippen molar-refractivity contribution >= 4 is 11.9 Å². The Hall–Kier alpha value is -1.31. The van der Waals surface area contributed by atoms with Crippen LogP contribution in [-0.4, -0.2) is 19.3 Å². The van der Waals surface area contributed by atoms with Crippen LogP contribution in [0.3, 0.4) is 0 Å². The van der Waals surface area contributed by atoms with Crippen molar-refractivity contribution in [3.63, 3.8) is 0 Å². The van der Waals surface area contributed by atoms with Crippen LogP contribution < -0.4 is 4.90 Å². The standard InChI is InChI=1S/C11H16N2/c1-3-13(4-2)11-7-5-10(9-12)6-8-11/h5-9,12H,3-4H2,1-2H3. The molecule has 0 unspecified atom stereocenters. The van der Waals surface area contributed by atoms with E-state index in [4.69, 9.17) is 5.41 Å². The highest BCUT2D eigenvalue weighted by Gasteiger charge is 1.99. The van der Waals surface area contributed by atoms with Crippen LogP contribution in [0.5, 0.6) is 0 Å². The van der Waals surface area contributed by atoms with E-state index in [9.17, 15) is 0 Å². The van der Waals surface area contributed by atoms with Crippen LogP contribution in [0.2, 0.25) is 0 Å². The minimum Gasteiger partial charge on any atom is -0.372 e. The summed E-state index contributed by atoms with van der Waals surface area (Å²) in [6.45, 7) is 6.35. The van der Waals surface area contributed by atoms with Gasteiger partial charge in [0.1, 0.15) is 0 Å². The highest BCUT2D eigenvalue weighted by atomic mass is 15.1. The van der Waals surface area contributed by atoms with Crippen molar-refractivity contribution in [1.82, 2.24) is 0 Å². The molecule has 0 heterocycles. The second-order valence-electron chi connectivity index (χ2n) is 2.91. The lowest BCUT2D eigenvalue weighted by atomic mass is 10.2. The zero-order valence-corrected chi connectivity index (χ0v) is 8.25. The summed E-state index contributed by atoms with van der Waals surface area (Å²) < 4.78 is 0. The van der Waals surface area contributed by atoms with E-state index in [2.05, 4.69) is 30.9 Å². The Morgan fingerprint density at radius 2 is 1.69 bits per heavy atom. The van der Waals surface area contributed by atoms with Crippen LogP contribution in [0.4, 0.5) is 5.69 Å². The molecule has 0 amide bonds. The van der Waals surface area contributed by atoms with Crippen molar-refractivity contribution in [3.05, 3.63) is 29.8 Å². The predicted molar refractivity (Wildman–Crippen MR) is 57.9 cm³/mol. The maximum absolute atomic E-state index is 7.07. The van der Waals surface area contributed by atoms with Gasteiger partial charge in [-0.2, -0.15) is 0 Å². The molecule has 1 rings (SSSR count). The number of rotatable bonds is 4. The van der Waals surface area contributed by atoms with Crippen molar-refractivity contribution in [3.8, 4) is 0 Å². The fourth-order valence-corrected chi connectivity index (χ4v) is 1.37. The van der Waals surface area contributed by atoms with Gasteiger partial charge in [0.05, 0.1) is 0 Å². The smallest absolute Gasteiger partial charge is 0.0366 e. The molecule has 0 aliphatic rings. The van der Waals surface area contributed by atoms with Gasteiger partial charge in [-0.1, -0.05) is 12.1 Å². The SMILES string of the molecule is CCN(CC)c1ccc(C=N)cc1. The Kier molecular flexibility index (Phi) is 3.50. The van der Waals surface area contributed by atoms with E-state index in [1.54, 1.807) is 0 Å². The Morgan fingerprint density at radius 3 is 2.08 bits per heavy atom. The highest BCUT2D eigenvalue weighted by Crippen LogP contribution is 2.13. The number of nitrogens with zero attached hydrogens (tertiary/aromatic N) is 1. The monoisotopic (exact) mass is 176 g/mol. The maximum Gasteiger partial charge on any atom is 0.0366 e. The van der Waals surface area contributed by atoms with Crippen molar-refractivity contribution in [2.45, 2.75) is 13.8 Å². The Morgan fingerprint density at radius 1 is 1.15 bits per heavy atom. The number of hydrogen-bond acceptors (Lipinski definition) is 2. The van der Waals surface area contributed by atoms with E-state index in [0.29, 0.717) is 0 Å². The summed E-state index contributed by atoms with van der Waals surface area (Å²) in [7, 11) is 0. The van der Waals surface area contributed by atoms with Crippen LogP contribution in [0.1, 0.15) is 19.4 Å². The lowest BCUT2D eigenvalue weighted by molar-refractivity contribution is 0.866. The average molecular weight is 176 g/mol. The summed E-state index contributed by atoms with van der Waals surface area (Å²) in [5, 5.41) is 7.07. The number of benzene rings is 1. The molecule has 70 valence electrons. The molecule has 1 aromatic rings. The zero-order valence-electron chi connectivity index (χ0n) is 8.25. The molecule has 0 radical (unpaired) electrons. The van der Waals surface area contributed by atoms with Crippen molar-refractivity contribution in [1.29, 1.82) is 5.41 Å². The van der Waals surface area contributed by atoms with E-state index in [-0.39, 0.29) is 0 Å². The van der Waals surface area contributed by atoms with Crippen LogP contribution in [0.15, 0.2) is 24.3 Å². The lowest BCUT2D eigenvalue weighted by Crippen LogP contribution is -2.21. The van der Waals surface area contributed by atoms with Gasteiger partial charge in [-0.15, -0.1) is 0 Å². The molecule has 2 nitrogen and oxygen atoms in total. The van der Waals surface area contributed by atoms with E-state index < -0.39 is 0 Å². The van der Waals surface area contributed by atoms with Crippen LogP contribution >= 0.6 is 0 Å². The van der Waals surface area contributed by atoms with Crippen LogP contribution in [-0.2, 0) is 0 Å². The molecular formula is C11H16N2. The molecule has 0 bridgehead atoms.